The average Bonchev–Trinajstić information content (AvgIpc) is 3.09. The number of ether oxygens (including phenoxy) is 2. The standard InChI is InChI=1S/C23H32N2O5S2/c1-14-15(2)18(29-6)9-8-16(14)12-25-11-10-17-19(13-25)31-22(20(17)21(26)30-7)32(27,28)24-23(3,4)5/h8-9,24H,10-13H2,1-7H3. The predicted octanol–water partition coefficient (Wildman–Crippen LogP) is 3.80. The molecule has 1 aromatic carbocycles. The number of nitrogens with one attached hydrogen (secondary N) is 1. The van der Waals surface area contributed by atoms with Crippen molar-refractivity contribution in [3.8, 4) is 5.75 Å². The van der Waals surface area contributed by atoms with Crippen LogP contribution in [0.3, 0.4) is 0 Å². The average molecular weight is 481 g/mol. The molecule has 1 aliphatic rings. The number of fused-ring (bicyclic) bond motifs is 1. The third kappa shape index (κ3) is 5.01. The molecule has 0 unspecified atom stereocenters. The van der Waals surface area contributed by atoms with Crippen molar-refractivity contribution in [1.29, 1.82) is 0 Å². The van der Waals surface area contributed by atoms with Gasteiger partial charge in [-0.25, -0.2) is 17.9 Å². The molecule has 0 saturated carbocycles. The molecule has 0 saturated heterocycles. The highest BCUT2D eigenvalue weighted by Gasteiger charge is 2.35. The maximum Gasteiger partial charge on any atom is 0.340 e. The van der Waals surface area contributed by atoms with Gasteiger partial charge in [0.05, 0.1) is 19.8 Å². The molecule has 0 radical (unpaired) electrons. The minimum absolute atomic E-state index is 0.0441. The first-order valence-corrected chi connectivity index (χ1v) is 12.8. The number of esters is 1. The van der Waals surface area contributed by atoms with Gasteiger partial charge in [0.1, 0.15) is 9.96 Å². The van der Waals surface area contributed by atoms with E-state index in [4.69, 9.17) is 9.47 Å². The minimum Gasteiger partial charge on any atom is -0.496 e. The fraction of sp³-hybridized carbons (Fsp3) is 0.522. The fourth-order valence-electron chi connectivity index (χ4n) is 4.00. The number of hydrogen-bond acceptors (Lipinski definition) is 7. The Hall–Kier alpha value is -1.94. The van der Waals surface area contributed by atoms with Crippen molar-refractivity contribution in [2.75, 3.05) is 20.8 Å². The molecule has 7 nitrogen and oxygen atoms in total. The number of carbonyl (C=O) groups excluding carboxylic acids is 1. The van der Waals surface area contributed by atoms with Gasteiger partial charge < -0.3 is 9.47 Å². The summed E-state index contributed by atoms with van der Waals surface area (Å²) < 4.78 is 39.2. The summed E-state index contributed by atoms with van der Waals surface area (Å²) in [4.78, 5) is 15.7. The molecule has 1 aromatic heterocycles. The lowest BCUT2D eigenvalue weighted by atomic mass is 9.99. The van der Waals surface area contributed by atoms with Gasteiger partial charge in [-0.1, -0.05) is 6.07 Å². The van der Waals surface area contributed by atoms with Gasteiger partial charge in [-0.3, -0.25) is 4.90 Å². The first-order valence-electron chi connectivity index (χ1n) is 10.5. The zero-order chi connectivity index (χ0) is 23.8. The Balaban J connectivity index is 1.94. The molecule has 0 aliphatic carbocycles. The van der Waals surface area contributed by atoms with Crippen LogP contribution in [0, 0.1) is 13.8 Å². The van der Waals surface area contributed by atoms with E-state index in [2.05, 4.69) is 22.6 Å². The number of benzene rings is 1. The van der Waals surface area contributed by atoms with Crippen LogP contribution in [0.25, 0.3) is 0 Å². The molecule has 0 spiro atoms. The lowest BCUT2D eigenvalue weighted by molar-refractivity contribution is 0.0595. The summed E-state index contributed by atoms with van der Waals surface area (Å²) in [6, 6.07) is 4.06. The van der Waals surface area contributed by atoms with E-state index in [0.717, 1.165) is 34.8 Å². The summed E-state index contributed by atoms with van der Waals surface area (Å²) in [6.45, 7) is 11.5. The first kappa shape index (κ1) is 24.7. The second-order valence-electron chi connectivity index (χ2n) is 9.15. The fourth-order valence-corrected chi connectivity index (χ4v) is 7.35. The van der Waals surface area contributed by atoms with Gasteiger partial charge in [0.15, 0.2) is 0 Å². The highest BCUT2D eigenvalue weighted by atomic mass is 32.2. The second-order valence-corrected chi connectivity index (χ2v) is 12.1. The Morgan fingerprint density at radius 3 is 2.47 bits per heavy atom. The monoisotopic (exact) mass is 480 g/mol. The molecule has 0 amide bonds. The van der Waals surface area contributed by atoms with Crippen LogP contribution in [-0.4, -0.2) is 45.6 Å². The highest BCUT2D eigenvalue weighted by molar-refractivity contribution is 7.91. The van der Waals surface area contributed by atoms with Gasteiger partial charge in [-0.2, -0.15) is 0 Å². The molecule has 2 heterocycles. The summed E-state index contributed by atoms with van der Waals surface area (Å²) >= 11 is 1.17. The first-order chi connectivity index (χ1) is 14.9. The molecule has 2 aromatic rings. The molecule has 3 rings (SSSR count). The van der Waals surface area contributed by atoms with Crippen LogP contribution in [0.2, 0.25) is 0 Å². The van der Waals surface area contributed by atoms with Crippen molar-refractivity contribution >= 4 is 27.3 Å². The molecule has 176 valence electrons. The van der Waals surface area contributed by atoms with Gasteiger partial charge in [-0.05, 0) is 69.4 Å². The van der Waals surface area contributed by atoms with Gasteiger partial charge in [0.25, 0.3) is 10.0 Å². The van der Waals surface area contributed by atoms with Crippen LogP contribution in [0.15, 0.2) is 16.3 Å². The van der Waals surface area contributed by atoms with Crippen LogP contribution in [-0.2, 0) is 34.3 Å². The number of thiophene rings is 1. The van der Waals surface area contributed by atoms with Crippen molar-refractivity contribution < 1.29 is 22.7 Å². The zero-order valence-electron chi connectivity index (χ0n) is 19.8. The van der Waals surface area contributed by atoms with E-state index in [0.29, 0.717) is 13.0 Å². The summed E-state index contributed by atoms with van der Waals surface area (Å²) in [6.07, 6.45) is 0.593. The predicted molar refractivity (Wildman–Crippen MR) is 126 cm³/mol. The molecular weight excluding hydrogens is 448 g/mol. The number of methoxy groups -OCH3 is 2. The van der Waals surface area contributed by atoms with Crippen LogP contribution < -0.4 is 9.46 Å². The molecule has 1 aliphatic heterocycles. The quantitative estimate of drug-likeness (QED) is 0.633. The molecule has 1 N–H and O–H groups in total. The van der Waals surface area contributed by atoms with Gasteiger partial charge in [0.2, 0.25) is 0 Å². The van der Waals surface area contributed by atoms with E-state index in [1.54, 1.807) is 27.9 Å². The van der Waals surface area contributed by atoms with Crippen LogP contribution in [0.1, 0.15) is 58.3 Å². The van der Waals surface area contributed by atoms with E-state index >= 15 is 0 Å². The zero-order valence-corrected chi connectivity index (χ0v) is 21.4. The van der Waals surface area contributed by atoms with Crippen molar-refractivity contribution in [3.63, 3.8) is 0 Å². The maximum absolute atomic E-state index is 13.1. The Morgan fingerprint density at radius 2 is 1.88 bits per heavy atom. The SMILES string of the molecule is COC(=O)c1c(S(=O)(=O)NC(C)(C)C)sc2c1CCN(Cc1ccc(OC)c(C)c1C)C2. The van der Waals surface area contributed by atoms with Gasteiger partial charge >= 0.3 is 5.97 Å². The lowest BCUT2D eigenvalue weighted by Crippen LogP contribution is -2.40. The normalized spacial score (nSPS) is 14.8. The van der Waals surface area contributed by atoms with E-state index < -0.39 is 21.5 Å². The Labute approximate surface area is 194 Å². The number of carbonyl (C=O) groups is 1. The molecule has 0 atom stereocenters. The minimum atomic E-state index is -3.86. The molecule has 9 heteroatoms. The summed E-state index contributed by atoms with van der Waals surface area (Å²) in [5.41, 5.74) is 3.82. The second kappa shape index (κ2) is 9.13. The van der Waals surface area contributed by atoms with Crippen molar-refractivity contribution in [3.05, 3.63) is 44.8 Å². The van der Waals surface area contributed by atoms with E-state index in [-0.39, 0.29) is 9.77 Å². The Morgan fingerprint density at radius 1 is 1.19 bits per heavy atom. The van der Waals surface area contributed by atoms with Crippen molar-refractivity contribution in [1.82, 2.24) is 9.62 Å². The number of nitrogens with zero attached hydrogens (tertiary/aromatic N) is 1. The topological polar surface area (TPSA) is 84.9 Å². The van der Waals surface area contributed by atoms with Crippen LogP contribution in [0.4, 0.5) is 0 Å². The molecule has 0 fully saturated rings. The summed E-state index contributed by atoms with van der Waals surface area (Å²) in [5.74, 6) is 0.265. The highest BCUT2D eigenvalue weighted by Crippen LogP contribution is 2.37. The number of hydrogen-bond donors (Lipinski definition) is 1. The van der Waals surface area contributed by atoms with Crippen LogP contribution >= 0.6 is 11.3 Å². The van der Waals surface area contributed by atoms with E-state index in [9.17, 15) is 13.2 Å². The lowest BCUT2D eigenvalue weighted by Gasteiger charge is -2.28. The van der Waals surface area contributed by atoms with Gasteiger partial charge in [-0.15, -0.1) is 11.3 Å². The van der Waals surface area contributed by atoms with Crippen LogP contribution in [0.5, 0.6) is 5.75 Å². The van der Waals surface area contributed by atoms with E-state index in [1.165, 1.54) is 29.6 Å². The third-order valence-electron chi connectivity index (χ3n) is 5.64. The maximum atomic E-state index is 13.1. The van der Waals surface area contributed by atoms with Crippen molar-refractivity contribution in [2.45, 2.75) is 63.9 Å². The molecule has 32 heavy (non-hydrogen) atoms. The molecule has 0 bridgehead atoms. The third-order valence-corrected chi connectivity index (χ3v) is 9.13. The Kier molecular flexibility index (Phi) is 7.05. The summed E-state index contributed by atoms with van der Waals surface area (Å²) in [5, 5.41) is 0. The summed E-state index contributed by atoms with van der Waals surface area (Å²) in [7, 11) is -0.907. The Bertz CT molecular complexity index is 1130. The van der Waals surface area contributed by atoms with Crippen molar-refractivity contribution in [2.24, 2.45) is 0 Å². The molecular formula is C23H32N2O5S2. The van der Waals surface area contributed by atoms with E-state index in [1.807, 2.05) is 13.0 Å². The number of rotatable bonds is 6. The van der Waals surface area contributed by atoms with Gasteiger partial charge in [0, 0.05) is 30.1 Å². The number of sulfonamides is 1. The largest absolute Gasteiger partial charge is 0.496 e. The smallest absolute Gasteiger partial charge is 0.340 e.